The average Bonchev–Trinajstić information content (AvgIpc) is 2.90. The number of rotatable bonds is 6. The largest absolute Gasteiger partial charge is 0.379 e. The lowest BCUT2D eigenvalue weighted by Crippen LogP contribution is -2.18. The van der Waals surface area contributed by atoms with E-state index in [1.54, 1.807) is 0 Å². The minimum absolute atomic E-state index is 0.0462. The maximum atomic E-state index is 11.9. The van der Waals surface area contributed by atoms with Crippen LogP contribution in [0.15, 0.2) is 24.3 Å². The second-order valence-electron chi connectivity index (χ2n) is 4.67. The standard InChI is InChI=1S/C15H20O3/c1-2-3-12-4-6-13(7-5-12)15(16)11-18-14-8-9-17-10-14/h4-7,14H,2-3,8-11H2,1H3. The zero-order valence-corrected chi connectivity index (χ0v) is 10.9. The summed E-state index contributed by atoms with van der Waals surface area (Å²) in [6.07, 6.45) is 3.17. The van der Waals surface area contributed by atoms with Crippen LogP contribution in [-0.2, 0) is 15.9 Å². The van der Waals surface area contributed by atoms with Gasteiger partial charge < -0.3 is 9.47 Å². The summed E-state index contributed by atoms with van der Waals surface area (Å²) in [6, 6.07) is 7.83. The van der Waals surface area contributed by atoms with E-state index in [1.807, 2.05) is 24.3 Å². The fourth-order valence-electron chi connectivity index (χ4n) is 2.07. The Kier molecular flexibility index (Phi) is 4.90. The van der Waals surface area contributed by atoms with Crippen LogP contribution in [0, 0.1) is 0 Å². The van der Waals surface area contributed by atoms with Gasteiger partial charge in [0, 0.05) is 12.2 Å². The minimum atomic E-state index is 0.0462. The smallest absolute Gasteiger partial charge is 0.188 e. The zero-order valence-electron chi connectivity index (χ0n) is 10.9. The maximum Gasteiger partial charge on any atom is 0.188 e. The molecular weight excluding hydrogens is 228 g/mol. The van der Waals surface area contributed by atoms with Gasteiger partial charge in [0.15, 0.2) is 5.78 Å². The van der Waals surface area contributed by atoms with Gasteiger partial charge in [0.1, 0.15) is 6.61 Å². The monoisotopic (exact) mass is 248 g/mol. The first kappa shape index (κ1) is 13.2. The third-order valence-electron chi connectivity index (χ3n) is 3.15. The second-order valence-corrected chi connectivity index (χ2v) is 4.67. The predicted octanol–water partition coefficient (Wildman–Crippen LogP) is 2.63. The minimum Gasteiger partial charge on any atom is -0.379 e. The van der Waals surface area contributed by atoms with Gasteiger partial charge >= 0.3 is 0 Å². The maximum absolute atomic E-state index is 11.9. The van der Waals surface area contributed by atoms with Gasteiger partial charge in [-0.25, -0.2) is 0 Å². The summed E-state index contributed by atoms with van der Waals surface area (Å²) in [5.41, 5.74) is 2.01. The van der Waals surface area contributed by atoms with Gasteiger partial charge in [-0.15, -0.1) is 0 Å². The van der Waals surface area contributed by atoms with Gasteiger partial charge in [-0.05, 0) is 18.4 Å². The van der Waals surface area contributed by atoms with Crippen LogP contribution in [0.2, 0.25) is 0 Å². The molecule has 3 nitrogen and oxygen atoms in total. The molecule has 1 heterocycles. The Morgan fingerprint density at radius 3 is 2.78 bits per heavy atom. The van der Waals surface area contributed by atoms with Crippen LogP contribution < -0.4 is 0 Å². The summed E-state index contributed by atoms with van der Waals surface area (Å²) < 4.78 is 10.7. The molecule has 3 heteroatoms. The number of hydrogen-bond donors (Lipinski definition) is 0. The van der Waals surface area contributed by atoms with Gasteiger partial charge in [0.2, 0.25) is 0 Å². The predicted molar refractivity (Wildman–Crippen MR) is 69.9 cm³/mol. The van der Waals surface area contributed by atoms with Crippen LogP contribution in [0.4, 0.5) is 0 Å². The molecule has 1 fully saturated rings. The van der Waals surface area contributed by atoms with Crippen LogP contribution in [-0.4, -0.2) is 31.7 Å². The molecule has 1 aliphatic heterocycles. The van der Waals surface area contributed by atoms with Crippen molar-refractivity contribution in [2.45, 2.75) is 32.3 Å². The van der Waals surface area contributed by atoms with E-state index in [0.29, 0.717) is 6.61 Å². The first-order valence-corrected chi connectivity index (χ1v) is 6.61. The first-order valence-electron chi connectivity index (χ1n) is 6.61. The highest BCUT2D eigenvalue weighted by atomic mass is 16.5. The van der Waals surface area contributed by atoms with Crippen molar-refractivity contribution in [3.05, 3.63) is 35.4 Å². The number of ketones is 1. The lowest BCUT2D eigenvalue weighted by Gasteiger charge is -2.09. The molecule has 18 heavy (non-hydrogen) atoms. The third kappa shape index (κ3) is 3.65. The van der Waals surface area contributed by atoms with Crippen LogP contribution >= 0.6 is 0 Å². The van der Waals surface area contributed by atoms with Crippen molar-refractivity contribution < 1.29 is 14.3 Å². The molecule has 0 saturated carbocycles. The van der Waals surface area contributed by atoms with Crippen LogP contribution in [0.5, 0.6) is 0 Å². The number of benzene rings is 1. The molecule has 1 aromatic carbocycles. The third-order valence-corrected chi connectivity index (χ3v) is 3.15. The molecule has 1 aliphatic rings. The molecule has 2 rings (SSSR count). The molecule has 0 aromatic heterocycles. The Morgan fingerprint density at radius 2 is 2.17 bits per heavy atom. The van der Waals surface area contributed by atoms with E-state index in [4.69, 9.17) is 9.47 Å². The Hall–Kier alpha value is -1.19. The number of Topliss-reactive ketones (excluding diaryl/α,β-unsaturated/α-hetero) is 1. The van der Waals surface area contributed by atoms with E-state index in [0.717, 1.165) is 31.4 Å². The normalized spacial score (nSPS) is 19.1. The summed E-state index contributed by atoms with van der Waals surface area (Å²) in [5.74, 6) is 0.0462. The quantitative estimate of drug-likeness (QED) is 0.726. The van der Waals surface area contributed by atoms with E-state index in [-0.39, 0.29) is 18.5 Å². The van der Waals surface area contributed by atoms with Crippen LogP contribution in [0.1, 0.15) is 35.7 Å². The topological polar surface area (TPSA) is 35.5 Å². The van der Waals surface area contributed by atoms with Gasteiger partial charge in [0.05, 0.1) is 12.7 Å². The second kappa shape index (κ2) is 6.66. The lowest BCUT2D eigenvalue weighted by molar-refractivity contribution is 0.0390. The Labute approximate surface area is 108 Å². The van der Waals surface area contributed by atoms with E-state index in [9.17, 15) is 4.79 Å². The van der Waals surface area contributed by atoms with E-state index >= 15 is 0 Å². The number of ether oxygens (including phenoxy) is 2. The molecule has 0 spiro atoms. The molecule has 0 bridgehead atoms. The van der Waals surface area contributed by atoms with Crippen molar-refractivity contribution in [1.29, 1.82) is 0 Å². The molecule has 1 unspecified atom stereocenters. The first-order chi connectivity index (χ1) is 8.79. The Bertz CT molecular complexity index is 377. The Morgan fingerprint density at radius 1 is 1.39 bits per heavy atom. The van der Waals surface area contributed by atoms with Crippen molar-refractivity contribution in [3.8, 4) is 0 Å². The van der Waals surface area contributed by atoms with Crippen molar-refractivity contribution in [2.75, 3.05) is 19.8 Å². The van der Waals surface area contributed by atoms with E-state index in [1.165, 1.54) is 5.56 Å². The fourth-order valence-corrected chi connectivity index (χ4v) is 2.07. The van der Waals surface area contributed by atoms with E-state index in [2.05, 4.69) is 6.92 Å². The summed E-state index contributed by atoms with van der Waals surface area (Å²) >= 11 is 0. The Balaban J connectivity index is 1.83. The van der Waals surface area contributed by atoms with Gasteiger partial charge in [-0.2, -0.15) is 0 Å². The van der Waals surface area contributed by atoms with Crippen LogP contribution in [0.25, 0.3) is 0 Å². The number of carbonyl (C=O) groups is 1. The summed E-state index contributed by atoms with van der Waals surface area (Å²) in [6.45, 7) is 3.66. The van der Waals surface area contributed by atoms with Gasteiger partial charge in [-0.1, -0.05) is 37.6 Å². The molecule has 0 amide bonds. The SMILES string of the molecule is CCCc1ccc(C(=O)COC2CCOC2)cc1. The van der Waals surface area contributed by atoms with Gasteiger partial charge in [0.25, 0.3) is 0 Å². The lowest BCUT2D eigenvalue weighted by atomic mass is 10.1. The van der Waals surface area contributed by atoms with Crippen molar-refractivity contribution in [2.24, 2.45) is 0 Å². The van der Waals surface area contributed by atoms with Crippen molar-refractivity contribution in [3.63, 3.8) is 0 Å². The van der Waals surface area contributed by atoms with Crippen molar-refractivity contribution in [1.82, 2.24) is 0 Å². The molecule has 0 radical (unpaired) electrons. The molecular formula is C15H20O3. The average molecular weight is 248 g/mol. The zero-order chi connectivity index (χ0) is 12.8. The highest BCUT2D eigenvalue weighted by molar-refractivity contribution is 5.97. The molecule has 1 atom stereocenters. The van der Waals surface area contributed by atoms with E-state index < -0.39 is 0 Å². The molecule has 1 aromatic rings. The summed E-state index contributed by atoms with van der Waals surface area (Å²) in [7, 11) is 0. The van der Waals surface area contributed by atoms with Gasteiger partial charge in [-0.3, -0.25) is 4.79 Å². The van der Waals surface area contributed by atoms with Crippen LogP contribution in [0.3, 0.4) is 0 Å². The molecule has 98 valence electrons. The number of aryl methyl sites for hydroxylation is 1. The number of hydrogen-bond acceptors (Lipinski definition) is 3. The highest BCUT2D eigenvalue weighted by Crippen LogP contribution is 2.11. The number of carbonyl (C=O) groups excluding carboxylic acids is 1. The summed E-state index contributed by atoms with van der Waals surface area (Å²) in [5, 5.41) is 0. The summed E-state index contributed by atoms with van der Waals surface area (Å²) in [4.78, 5) is 11.9. The molecule has 0 N–H and O–H groups in total. The molecule has 1 saturated heterocycles. The highest BCUT2D eigenvalue weighted by Gasteiger charge is 2.17. The fraction of sp³-hybridized carbons (Fsp3) is 0.533. The molecule has 0 aliphatic carbocycles. The van der Waals surface area contributed by atoms with Crippen molar-refractivity contribution >= 4 is 5.78 Å².